The molecule has 0 spiro atoms. The van der Waals surface area contributed by atoms with E-state index in [1.165, 1.54) is 10.4 Å². The van der Waals surface area contributed by atoms with E-state index in [2.05, 4.69) is 36.2 Å². The third-order valence-electron chi connectivity index (χ3n) is 7.11. The van der Waals surface area contributed by atoms with Crippen LogP contribution in [0.4, 0.5) is 11.6 Å². The fourth-order valence-electron chi connectivity index (χ4n) is 4.88. The summed E-state index contributed by atoms with van der Waals surface area (Å²) in [5, 5.41) is 5.20. The first-order chi connectivity index (χ1) is 17.2. The summed E-state index contributed by atoms with van der Waals surface area (Å²) < 4.78 is 1.65. The number of hydrazone groups is 1. The number of anilines is 2. The lowest BCUT2D eigenvalue weighted by Crippen LogP contribution is -2.27. The highest BCUT2D eigenvalue weighted by Crippen LogP contribution is 2.42. The van der Waals surface area contributed by atoms with Gasteiger partial charge in [-0.2, -0.15) is 5.10 Å². The van der Waals surface area contributed by atoms with Crippen molar-refractivity contribution in [2.24, 2.45) is 16.4 Å². The summed E-state index contributed by atoms with van der Waals surface area (Å²) in [4.78, 5) is 23.0. The highest BCUT2D eigenvalue weighted by molar-refractivity contribution is 7.18. The Morgan fingerprint density at radius 1 is 1.11 bits per heavy atom. The Labute approximate surface area is 216 Å². The van der Waals surface area contributed by atoms with Gasteiger partial charge in [-0.15, -0.1) is 11.3 Å². The average molecular weight is 500 g/mol. The molecule has 7 heteroatoms. The van der Waals surface area contributed by atoms with Crippen LogP contribution in [0.3, 0.4) is 0 Å². The molecule has 186 valence electrons. The Morgan fingerprint density at radius 2 is 1.83 bits per heavy atom. The van der Waals surface area contributed by atoms with Crippen molar-refractivity contribution in [2.75, 3.05) is 24.4 Å². The number of rotatable bonds is 5. The average Bonchev–Trinajstić information content (AvgIpc) is 3.22. The maximum atomic E-state index is 13.9. The maximum absolute atomic E-state index is 13.9. The van der Waals surface area contributed by atoms with E-state index in [9.17, 15) is 4.79 Å². The first-order valence-electron chi connectivity index (χ1n) is 12.4. The first kappa shape index (κ1) is 24.3. The van der Waals surface area contributed by atoms with Crippen molar-refractivity contribution < 1.29 is 0 Å². The number of para-hydroxylation sites is 1. The molecule has 1 aliphatic carbocycles. The second-order valence-corrected chi connectivity index (χ2v) is 11.8. The molecule has 36 heavy (non-hydrogen) atoms. The Kier molecular flexibility index (Phi) is 6.43. The standard InChI is InChI=1S/C29H33N5OS/c1-29(2,3)20-13-16-23-24(17-20)36-26-25(23)27(35)34(22-9-7-6-8-10-22)28(31-26)32-30-18-19-11-14-21(15-12-19)33(4)5/h6-12,14-15,18,20H,13,16-17H2,1-5H3,(H,31,32)/t20-/m1/s1. The third kappa shape index (κ3) is 4.67. The van der Waals surface area contributed by atoms with Crippen molar-refractivity contribution in [3.63, 3.8) is 0 Å². The van der Waals surface area contributed by atoms with Crippen LogP contribution in [0.2, 0.25) is 0 Å². The van der Waals surface area contributed by atoms with Gasteiger partial charge in [0.25, 0.3) is 5.56 Å². The zero-order valence-electron chi connectivity index (χ0n) is 21.6. The topological polar surface area (TPSA) is 62.5 Å². The lowest BCUT2D eigenvalue weighted by atomic mass is 9.72. The zero-order chi connectivity index (χ0) is 25.4. The molecule has 5 rings (SSSR count). The molecule has 1 N–H and O–H groups in total. The van der Waals surface area contributed by atoms with Gasteiger partial charge in [-0.1, -0.05) is 51.1 Å². The summed E-state index contributed by atoms with van der Waals surface area (Å²) in [5.74, 6) is 1.03. The molecule has 4 aromatic rings. The molecule has 0 bridgehead atoms. The minimum absolute atomic E-state index is 0.0362. The van der Waals surface area contributed by atoms with Crippen molar-refractivity contribution >= 4 is 39.4 Å². The van der Waals surface area contributed by atoms with E-state index in [0.29, 0.717) is 11.9 Å². The van der Waals surface area contributed by atoms with E-state index >= 15 is 0 Å². The number of aryl methyl sites for hydroxylation is 1. The van der Waals surface area contributed by atoms with Gasteiger partial charge in [-0.25, -0.2) is 15.0 Å². The van der Waals surface area contributed by atoms with E-state index in [1.807, 2.05) is 68.7 Å². The predicted octanol–water partition coefficient (Wildman–Crippen LogP) is 6.11. The molecule has 2 heterocycles. The van der Waals surface area contributed by atoms with Gasteiger partial charge in [0.15, 0.2) is 0 Å². The first-order valence-corrected chi connectivity index (χ1v) is 13.2. The van der Waals surface area contributed by atoms with E-state index in [1.54, 1.807) is 22.1 Å². The number of aromatic nitrogens is 2. The molecule has 1 atom stereocenters. The summed E-state index contributed by atoms with van der Waals surface area (Å²) in [6, 6.07) is 17.8. The minimum Gasteiger partial charge on any atom is -0.378 e. The summed E-state index contributed by atoms with van der Waals surface area (Å²) in [6.45, 7) is 6.93. The third-order valence-corrected chi connectivity index (χ3v) is 8.26. The monoisotopic (exact) mass is 499 g/mol. The Bertz CT molecular complexity index is 1460. The Hall–Kier alpha value is -3.45. The van der Waals surface area contributed by atoms with Crippen LogP contribution < -0.4 is 15.9 Å². The number of nitrogens with zero attached hydrogens (tertiary/aromatic N) is 4. The molecule has 2 aromatic carbocycles. The lowest BCUT2D eigenvalue weighted by molar-refractivity contribution is 0.218. The van der Waals surface area contributed by atoms with E-state index in [4.69, 9.17) is 4.98 Å². The molecule has 6 nitrogen and oxygen atoms in total. The van der Waals surface area contributed by atoms with Crippen molar-refractivity contribution in [3.05, 3.63) is 81.0 Å². The molecular formula is C29H33N5OS. The zero-order valence-corrected chi connectivity index (χ0v) is 22.4. The second-order valence-electron chi connectivity index (χ2n) is 10.8. The number of fused-ring (bicyclic) bond motifs is 3. The van der Waals surface area contributed by atoms with Crippen LogP contribution in [-0.4, -0.2) is 29.9 Å². The molecule has 0 saturated carbocycles. The largest absolute Gasteiger partial charge is 0.378 e. The van der Waals surface area contributed by atoms with Gasteiger partial charge in [0.05, 0.1) is 17.3 Å². The highest BCUT2D eigenvalue weighted by Gasteiger charge is 2.32. The van der Waals surface area contributed by atoms with Crippen molar-refractivity contribution in [1.29, 1.82) is 0 Å². The highest BCUT2D eigenvalue weighted by atomic mass is 32.1. The van der Waals surface area contributed by atoms with Gasteiger partial charge in [-0.05, 0) is 66.0 Å². The molecule has 1 aliphatic rings. The van der Waals surface area contributed by atoms with Gasteiger partial charge >= 0.3 is 0 Å². The summed E-state index contributed by atoms with van der Waals surface area (Å²) >= 11 is 1.66. The molecule has 0 fully saturated rings. The fourth-order valence-corrected chi connectivity index (χ4v) is 6.17. The number of hydrogen-bond acceptors (Lipinski definition) is 6. The molecule has 0 unspecified atom stereocenters. The normalized spacial score (nSPS) is 15.9. The molecule has 0 amide bonds. The number of nitrogens with one attached hydrogen (secondary N) is 1. The van der Waals surface area contributed by atoms with Gasteiger partial charge in [0.2, 0.25) is 5.95 Å². The number of hydrogen-bond donors (Lipinski definition) is 1. The number of thiophene rings is 1. The van der Waals surface area contributed by atoms with Crippen LogP contribution in [0.5, 0.6) is 0 Å². The summed E-state index contributed by atoms with van der Waals surface area (Å²) in [7, 11) is 4.03. The van der Waals surface area contributed by atoms with Crippen LogP contribution in [0.25, 0.3) is 15.9 Å². The number of benzene rings is 2. The quantitative estimate of drug-likeness (QED) is 0.266. The van der Waals surface area contributed by atoms with Crippen molar-refractivity contribution in [3.8, 4) is 5.69 Å². The van der Waals surface area contributed by atoms with E-state index in [-0.39, 0.29) is 11.0 Å². The Morgan fingerprint density at radius 3 is 2.50 bits per heavy atom. The SMILES string of the molecule is CN(C)c1ccc(C=NNc2nc3sc4c(c3c(=O)n2-c2ccccc2)CC[C@@H](C(C)(C)C)C4)cc1. The summed E-state index contributed by atoms with van der Waals surface area (Å²) in [6.07, 6.45) is 4.79. The molecule has 0 aliphatic heterocycles. The molecule has 2 aromatic heterocycles. The lowest BCUT2D eigenvalue weighted by Gasteiger charge is -2.33. The second kappa shape index (κ2) is 9.54. The van der Waals surface area contributed by atoms with Gasteiger partial charge in [0.1, 0.15) is 4.83 Å². The van der Waals surface area contributed by atoms with Crippen molar-refractivity contribution in [2.45, 2.75) is 40.0 Å². The van der Waals surface area contributed by atoms with Crippen LogP contribution in [0, 0.1) is 11.3 Å². The fraction of sp³-hybridized carbons (Fsp3) is 0.345. The van der Waals surface area contributed by atoms with Gasteiger partial charge in [0, 0.05) is 24.7 Å². The van der Waals surface area contributed by atoms with Crippen LogP contribution >= 0.6 is 11.3 Å². The Balaban J connectivity index is 1.55. The van der Waals surface area contributed by atoms with Crippen LogP contribution in [-0.2, 0) is 12.8 Å². The van der Waals surface area contributed by atoms with Gasteiger partial charge < -0.3 is 4.90 Å². The van der Waals surface area contributed by atoms with E-state index in [0.717, 1.165) is 46.4 Å². The minimum atomic E-state index is -0.0362. The smallest absolute Gasteiger partial charge is 0.268 e. The van der Waals surface area contributed by atoms with Gasteiger partial charge in [-0.3, -0.25) is 4.79 Å². The summed E-state index contributed by atoms with van der Waals surface area (Å²) in [5.41, 5.74) is 7.32. The molecule has 0 saturated heterocycles. The van der Waals surface area contributed by atoms with Crippen LogP contribution in [0.1, 0.15) is 43.2 Å². The van der Waals surface area contributed by atoms with E-state index < -0.39 is 0 Å². The predicted molar refractivity (Wildman–Crippen MR) is 152 cm³/mol. The maximum Gasteiger partial charge on any atom is 0.268 e. The molecular weight excluding hydrogens is 466 g/mol. The van der Waals surface area contributed by atoms with Crippen LogP contribution in [0.15, 0.2) is 64.5 Å². The van der Waals surface area contributed by atoms with Crippen molar-refractivity contribution in [1.82, 2.24) is 9.55 Å². The molecule has 0 radical (unpaired) electrons.